The number of benzene rings is 7. The number of carbonyl (C=O) groups excluding carboxylic acids is 1. The average molecular weight is 1600 g/mol. The molecular weight excluding hydrogens is 1470 g/mol. The van der Waals surface area contributed by atoms with E-state index in [1.54, 1.807) is 63.6 Å². The third-order valence-corrected chi connectivity index (χ3v) is 23.8. The summed E-state index contributed by atoms with van der Waals surface area (Å²) in [6, 6.07) is 41.9. The van der Waals surface area contributed by atoms with E-state index in [1.165, 1.54) is 100 Å². The van der Waals surface area contributed by atoms with Crippen LogP contribution in [0.5, 0.6) is 0 Å². The molecule has 10 aromatic rings. The molecule has 0 atom stereocenters. The predicted octanol–water partition coefficient (Wildman–Crippen LogP) is 28.2. The summed E-state index contributed by atoms with van der Waals surface area (Å²) < 4.78 is 116. The first-order chi connectivity index (χ1) is 52.9. The number of aromatic amines is 3. The molecule has 0 saturated heterocycles. The molecule has 6 aliphatic rings. The lowest BCUT2D eigenvalue weighted by atomic mass is 9.81. The fourth-order valence-electron chi connectivity index (χ4n) is 15.7. The van der Waals surface area contributed by atoms with Crippen LogP contribution in [-0.4, -0.2) is 47.0 Å². The number of anilines is 4. The molecule has 1 amide bonds. The second kappa shape index (κ2) is 31.3. The normalized spacial score (nSPS) is 16.4. The number of nitrogens with zero attached hydrogens (tertiary/aromatic N) is 1. The van der Waals surface area contributed by atoms with Crippen molar-refractivity contribution in [3.8, 4) is 0 Å². The Morgan fingerprint density at radius 2 is 0.793 bits per heavy atom. The Morgan fingerprint density at radius 1 is 0.371 bits per heavy atom. The maximum atomic E-state index is 13.4. The van der Waals surface area contributed by atoms with Crippen LogP contribution in [0.15, 0.2) is 140 Å². The van der Waals surface area contributed by atoms with Gasteiger partial charge in [0.05, 0.1) is 11.1 Å². The number of fused-ring (bicyclic) bond motifs is 9. The number of aromatic nitrogens is 3. The van der Waals surface area contributed by atoms with Gasteiger partial charge in [0.25, 0.3) is 0 Å². The highest BCUT2D eigenvalue weighted by Gasteiger charge is 2.53. The summed E-state index contributed by atoms with van der Waals surface area (Å²) in [5.74, 6) is 0.172. The van der Waals surface area contributed by atoms with Crippen molar-refractivity contribution in [1.82, 2.24) is 15.0 Å². The van der Waals surface area contributed by atoms with Crippen molar-refractivity contribution in [2.45, 2.75) is 297 Å². The van der Waals surface area contributed by atoms with Crippen molar-refractivity contribution in [3.63, 3.8) is 0 Å². The van der Waals surface area contributed by atoms with Gasteiger partial charge in [-0.3, -0.25) is 4.79 Å². The van der Waals surface area contributed by atoms with Crippen LogP contribution in [0.25, 0.3) is 32.7 Å². The van der Waals surface area contributed by atoms with Crippen LogP contribution in [0.2, 0.25) is 0 Å². The van der Waals surface area contributed by atoms with E-state index in [1.807, 2.05) is 79.5 Å². The molecular formula is C99H128F9N7O. The van der Waals surface area contributed by atoms with Crippen LogP contribution in [0.1, 0.15) is 296 Å². The number of hydrogen-bond acceptors (Lipinski definition) is 4. The quantitative estimate of drug-likeness (QED) is 0.0852. The van der Waals surface area contributed by atoms with E-state index in [4.69, 9.17) is 0 Å². The minimum atomic E-state index is -4.34. The predicted molar refractivity (Wildman–Crippen MR) is 467 cm³/mol. The van der Waals surface area contributed by atoms with Crippen molar-refractivity contribution in [1.29, 1.82) is 0 Å². The topological polar surface area (TPSA) is 104 Å². The third-order valence-electron chi connectivity index (χ3n) is 23.8. The highest BCUT2D eigenvalue weighted by Crippen LogP contribution is 2.58. The molecule has 0 unspecified atom stereocenters. The molecule has 0 radical (unpaired) electrons. The van der Waals surface area contributed by atoms with Crippen LogP contribution < -0.4 is 20.9 Å². The van der Waals surface area contributed by atoms with E-state index in [9.17, 15) is 44.3 Å². The molecule has 628 valence electrons. The number of nitrogens with one attached hydrogen (secondary N) is 6. The number of hydrogen-bond donors (Lipinski definition) is 6. The first-order valence-corrected chi connectivity index (χ1v) is 41.1. The Labute approximate surface area is 684 Å². The summed E-state index contributed by atoms with van der Waals surface area (Å²) in [7, 11) is 0. The molecule has 116 heavy (non-hydrogen) atoms. The fourth-order valence-corrected chi connectivity index (χ4v) is 15.7. The number of rotatable bonds is 0. The van der Waals surface area contributed by atoms with Gasteiger partial charge in [0.1, 0.15) is 5.69 Å². The summed E-state index contributed by atoms with van der Waals surface area (Å²) in [6.07, 6.45) is -3.72. The zero-order valence-electron chi connectivity index (χ0n) is 73.9. The molecule has 7 heterocycles. The van der Waals surface area contributed by atoms with Gasteiger partial charge in [-0.2, -0.15) is 39.5 Å². The number of carbonyl (C=O) groups is 1. The highest BCUT2D eigenvalue weighted by atomic mass is 19.4. The summed E-state index contributed by atoms with van der Waals surface area (Å²) in [4.78, 5) is 22.0. The first-order valence-electron chi connectivity index (χ1n) is 41.1. The lowest BCUT2D eigenvalue weighted by Crippen LogP contribution is -2.29. The second-order valence-corrected chi connectivity index (χ2v) is 42.1. The summed E-state index contributed by atoms with van der Waals surface area (Å²) >= 11 is 0. The Bertz CT molecular complexity index is 5100. The van der Waals surface area contributed by atoms with Gasteiger partial charge in [0.2, 0.25) is 5.91 Å². The monoisotopic (exact) mass is 1600 g/mol. The standard InChI is InChI=1S/C17H22F3N.C16H21NO.C14H19N.C14H21N.2C13H14F3N.C12H17N/c1-15(2,3)11-8-14-10(7-12(11)17(18,19)20)13(9-21-14)16(4,5)6;1-11(18)17-10-16(7-8-16)13-6-5-12(9-14(13)17)15(2,3)4;1-13(2,3)10-4-5-11-12(8-10)15-9-14(11)6-7-14;1-13(2,3)10-6-7-11-12(8-10)15-9-14(11,4)5;1-12(2,3)8-4-5-9-10(13(14,15)16)7-17-11(9)6-8;1-12(2,3)9-5-4-8-6-11(13(14,15)16)17-10(8)7-9;1-12(2,3)10-5-4-9-6-7-13-11(9)8-10/h7-9,21H,1-6H3;5-6,9H,7-8,10H2,1-4H3;4-5,8,15H,6-7,9H2,1-3H3;6-8,15H,9H2,1-5H3;2*4-7,17H,1-3H3;4-5,8,13H,6-7H2,1-3H3. The van der Waals surface area contributed by atoms with Crippen LogP contribution in [0.4, 0.5) is 62.3 Å². The van der Waals surface area contributed by atoms with E-state index in [-0.39, 0.29) is 54.6 Å². The van der Waals surface area contributed by atoms with Gasteiger partial charge in [-0.25, -0.2) is 0 Å². The highest BCUT2D eigenvalue weighted by molar-refractivity contribution is 5.95. The molecule has 3 aromatic heterocycles. The summed E-state index contributed by atoms with van der Waals surface area (Å²) in [5, 5.41) is 12.0. The second-order valence-electron chi connectivity index (χ2n) is 42.1. The molecule has 4 aliphatic heterocycles. The summed E-state index contributed by atoms with van der Waals surface area (Å²) in [5.41, 5.74) is 21.0. The molecule has 0 bridgehead atoms. The molecule has 2 fully saturated rings. The number of halogens is 9. The molecule has 6 N–H and O–H groups in total. The van der Waals surface area contributed by atoms with Crippen molar-refractivity contribution in [2.24, 2.45) is 0 Å². The van der Waals surface area contributed by atoms with E-state index in [0.29, 0.717) is 38.2 Å². The van der Waals surface area contributed by atoms with Gasteiger partial charge in [0.15, 0.2) is 0 Å². The van der Waals surface area contributed by atoms with Crippen molar-refractivity contribution >= 4 is 61.4 Å². The van der Waals surface area contributed by atoms with Gasteiger partial charge in [-0.05, 0) is 197 Å². The van der Waals surface area contributed by atoms with E-state index in [0.717, 1.165) is 66.3 Å². The van der Waals surface area contributed by atoms with Gasteiger partial charge in [-0.15, -0.1) is 0 Å². The van der Waals surface area contributed by atoms with Crippen molar-refractivity contribution in [3.05, 3.63) is 223 Å². The zero-order valence-corrected chi connectivity index (χ0v) is 73.9. The molecule has 2 aliphatic carbocycles. The maximum Gasteiger partial charge on any atom is 0.431 e. The molecule has 2 spiro atoms. The lowest BCUT2D eigenvalue weighted by molar-refractivity contribution is -0.141. The largest absolute Gasteiger partial charge is 0.431 e. The number of alkyl halides is 9. The van der Waals surface area contributed by atoms with Crippen molar-refractivity contribution < 1.29 is 44.3 Å². The van der Waals surface area contributed by atoms with Gasteiger partial charge in [-0.1, -0.05) is 253 Å². The molecule has 16 rings (SSSR count). The lowest BCUT2D eigenvalue weighted by Gasteiger charge is -2.25. The van der Waals surface area contributed by atoms with Crippen LogP contribution >= 0.6 is 0 Å². The Balaban J connectivity index is 0.000000143. The van der Waals surface area contributed by atoms with Crippen molar-refractivity contribution in [2.75, 3.05) is 47.0 Å². The summed E-state index contributed by atoms with van der Waals surface area (Å²) in [6.45, 7) is 61.1. The zero-order chi connectivity index (χ0) is 86.5. The smallest absolute Gasteiger partial charge is 0.384 e. The van der Waals surface area contributed by atoms with E-state index >= 15 is 0 Å². The van der Waals surface area contributed by atoms with Crippen LogP contribution in [-0.2, 0) is 89.3 Å². The van der Waals surface area contributed by atoms with Crippen LogP contribution in [0, 0.1) is 0 Å². The Kier molecular flexibility index (Phi) is 24.2. The number of amides is 1. The molecule has 17 heteroatoms. The van der Waals surface area contributed by atoms with Gasteiger partial charge in [0, 0.05) is 117 Å². The van der Waals surface area contributed by atoms with Gasteiger partial charge < -0.3 is 35.8 Å². The molecule has 7 aromatic carbocycles. The Morgan fingerprint density at radius 3 is 1.28 bits per heavy atom. The molecule has 2 saturated carbocycles. The fraction of sp³-hybridized carbons (Fsp3) is 0.505. The Hall–Kier alpha value is -8.60. The SMILES string of the molecule is CC(=O)N1CC2(CC2)c2ccc(C(C)(C)C)cc21.CC(C)(C)c1cc2[nH]cc(C(C)(C)C)c2cc1C(F)(F)F.CC(C)(C)c1ccc2c(C(F)(F)F)c[nH]c2c1.CC(C)(C)c1ccc2c(c1)NCC2.CC(C)(C)c1ccc2c(c1)NCC2(C)C.CC(C)(C)c1ccc2c(c1)NCC21CC1.CC(C)(C)c1ccc2cc(C(F)(F)F)[nH]c2c1. The average Bonchev–Trinajstić information content (AvgIpc) is 1.56. The van der Waals surface area contributed by atoms with E-state index < -0.39 is 40.8 Å². The van der Waals surface area contributed by atoms with E-state index in [2.05, 4.69) is 201 Å². The third kappa shape index (κ3) is 20.6. The maximum absolute atomic E-state index is 13.4. The molecule has 8 nitrogen and oxygen atoms in total. The minimum Gasteiger partial charge on any atom is -0.384 e. The minimum absolute atomic E-state index is 0.0717. The number of H-pyrrole nitrogens is 3. The first kappa shape index (κ1) is 89.7. The van der Waals surface area contributed by atoms with Crippen LogP contribution in [0.3, 0.4) is 0 Å². The van der Waals surface area contributed by atoms with Gasteiger partial charge >= 0.3 is 18.5 Å².